The second-order valence-electron chi connectivity index (χ2n) is 5.67. The van der Waals surface area contributed by atoms with Crippen LogP contribution in [0.5, 0.6) is 5.75 Å². The molecule has 8 heteroatoms. The van der Waals surface area contributed by atoms with Crippen LogP contribution in [0, 0.1) is 6.92 Å². The molecule has 0 spiro atoms. The molecule has 0 saturated carbocycles. The van der Waals surface area contributed by atoms with E-state index in [2.05, 4.69) is 25.7 Å². The van der Waals surface area contributed by atoms with E-state index in [0.29, 0.717) is 28.7 Å². The Hall–Kier alpha value is -3.68. The van der Waals surface area contributed by atoms with Gasteiger partial charge < -0.3 is 14.6 Å². The number of ether oxygens (including phenoxy) is 1. The standard InChI is InChI=1S/C18H15N5O3/c1-11-20-17(26-23-11)10-25-15-5-3-14(4-6-15)21-18(24)12-2-7-16-13(8-12)9-19-22-16/h2-9H,10H2,1H3,(H,19,22)(H,21,24). The molecule has 2 heterocycles. The highest BCUT2D eigenvalue weighted by Crippen LogP contribution is 2.19. The summed E-state index contributed by atoms with van der Waals surface area (Å²) in [6.07, 6.45) is 1.68. The van der Waals surface area contributed by atoms with Gasteiger partial charge in [-0.1, -0.05) is 5.16 Å². The fourth-order valence-electron chi connectivity index (χ4n) is 2.47. The van der Waals surface area contributed by atoms with E-state index in [4.69, 9.17) is 9.26 Å². The summed E-state index contributed by atoms with van der Waals surface area (Å²) in [5, 5.41) is 14.2. The van der Waals surface area contributed by atoms with Crippen molar-refractivity contribution in [2.75, 3.05) is 5.32 Å². The molecule has 1 amide bonds. The van der Waals surface area contributed by atoms with Crippen molar-refractivity contribution in [3.8, 4) is 5.75 Å². The quantitative estimate of drug-likeness (QED) is 0.573. The molecule has 0 aliphatic rings. The number of fused-ring (bicyclic) bond motifs is 1. The molecule has 0 aliphatic carbocycles. The molecule has 4 aromatic rings. The van der Waals surface area contributed by atoms with Gasteiger partial charge in [-0.2, -0.15) is 10.1 Å². The molecule has 8 nitrogen and oxygen atoms in total. The van der Waals surface area contributed by atoms with Crippen molar-refractivity contribution >= 4 is 22.5 Å². The summed E-state index contributed by atoms with van der Waals surface area (Å²) >= 11 is 0. The maximum absolute atomic E-state index is 12.4. The average molecular weight is 349 g/mol. The Morgan fingerprint density at radius 3 is 2.85 bits per heavy atom. The summed E-state index contributed by atoms with van der Waals surface area (Å²) in [5.41, 5.74) is 2.12. The lowest BCUT2D eigenvalue weighted by Crippen LogP contribution is -2.11. The predicted octanol–water partition coefficient (Wildman–Crippen LogP) is 3.09. The fraction of sp³-hybridized carbons (Fsp3) is 0.111. The third kappa shape index (κ3) is 3.39. The molecule has 2 aromatic carbocycles. The zero-order chi connectivity index (χ0) is 17.9. The van der Waals surface area contributed by atoms with Gasteiger partial charge in [0.05, 0.1) is 11.7 Å². The number of anilines is 1. The molecule has 0 aliphatic heterocycles. The summed E-state index contributed by atoms with van der Waals surface area (Å²) < 4.78 is 10.6. The molecule has 2 N–H and O–H groups in total. The normalized spacial score (nSPS) is 10.8. The minimum atomic E-state index is -0.192. The molecule has 4 rings (SSSR count). The van der Waals surface area contributed by atoms with Crippen LogP contribution in [0.25, 0.3) is 10.9 Å². The Morgan fingerprint density at radius 1 is 1.23 bits per heavy atom. The van der Waals surface area contributed by atoms with Gasteiger partial charge in [0.15, 0.2) is 12.4 Å². The number of hydrogen-bond donors (Lipinski definition) is 2. The predicted molar refractivity (Wildman–Crippen MR) is 93.9 cm³/mol. The summed E-state index contributed by atoms with van der Waals surface area (Å²) in [6.45, 7) is 1.94. The number of H-pyrrole nitrogens is 1. The second-order valence-corrected chi connectivity index (χ2v) is 5.67. The van der Waals surface area contributed by atoms with E-state index in [1.807, 2.05) is 6.07 Å². The van der Waals surface area contributed by atoms with E-state index in [9.17, 15) is 4.79 Å². The van der Waals surface area contributed by atoms with Crippen molar-refractivity contribution in [1.29, 1.82) is 0 Å². The van der Waals surface area contributed by atoms with Gasteiger partial charge in [-0.15, -0.1) is 0 Å². The first-order valence-electron chi connectivity index (χ1n) is 7.94. The number of carbonyl (C=O) groups excluding carboxylic acids is 1. The highest BCUT2D eigenvalue weighted by atomic mass is 16.5. The van der Waals surface area contributed by atoms with Crippen LogP contribution >= 0.6 is 0 Å². The van der Waals surface area contributed by atoms with Crippen LogP contribution in [-0.2, 0) is 6.61 Å². The van der Waals surface area contributed by atoms with Crippen LogP contribution in [0.1, 0.15) is 22.1 Å². The van der Waals surface area contributed by atoms with Gasteiger partial charge in [0.2, 0.25) is 0 Å². The number of hydrogen-bond acceptors (Lipinski definition) is 6. The van der Waals surface area contributed by atoms with E-state index < -0.39 is 0 Å². The van der Waals surface area contributed by atoms with E-state index >= 15 is 0 Å². The molecule has 0 radical (unpaired) electrons. The van der Waals surface area contributed by atoms with E-state index in [0.717, 1.165) is 10.9 Å². The third-order valence-electron chi connectivity index (χ3n) is 3.75. The lowest BCUT2D eigenvalue weighted by Gasteiger charge is -2.07. The lowest BCUT2D eigenvalue weighted by molar-refractivity contribution is 0.102. The molecule has 2 aromatic heterocycles. The molecule has 0 saturated heterocycles. The summed E-state index contributed by atoms with van der Waals surface area (Å²) in [7, 11) is 0. The van der Waals surface area contributed by atoms with Crippen LogP contribution in [0.15, 0.2) is 53.2 Å². The Labute approximate surface area is 148 Å². The first-order chi connectivity index (χ1) is 12.7. The first-order valence-corrected chi connectivity index (χ1v) is 7.94. The van der Waals surface area contributed by atoms with Crippen LogP contribution < -0.4 is 10.1 Å². The topological polar surface area (TPSA) is 106 Å². The van der Waals surface area contributed by atoms with Crippen molar-refractivity contribution in [3.63, 3.8) is 0 Å². The summed E-state index contributed by atoms with van der Waals surface area (Å²) in [4.78, 5) is 16.4. The number of carbonyl (C=O) groups is 1. The van der Waals surface area contributed by atoms with Crippen molar-refractivity contribution in [1.82, 2.24) is 20.3 Å². The van der Waals surface area contributed by atoms with Crippen LogP contribution in [-0.4, -0.2) is 26.2 Å². The van der Waals surface area contributed by atoms with Crippen LogP contribution in [0.4, 0.5) is 5.69 Å². The molecule has 0 bridgehead atoms. The summed E-state index contributed by atoms with van der Waals surface area (Å²) in [5.74, 6) is 1.42. The van der Waals surface area contributed by atoms with Gasteiger partial charge in [0, 0.05) is 16.6 Å². The Kier molecular flexibility index (Phi) is 4.06. The van der Waals surface area contributed by atoms with Crippen molar-refractivity contribution < 1.29 is 14.1 Å². The number of aromatic nitrogens is 4. The number of rotatable bonds is 5. The number of aryl methyl sites for hydroxylation is 1. The Balaban J connectivity index is 1.39. The molecular formula is C18H15N5O3. The smallest absolute Gasteiger partial charge is 0.264 e. The summed E-state index contributed by atoms with van der Waals surface area (Å²) in [6, 6.07) is 12.4. The molecule has 0 fully saturated rings. The lowest BCUT2D eigenvalue weighted by atomic mass is 10.1. The van der Waals surface area contributed by atoms with Crippen molar-refractivity contribution in [3.05, 3.63) is 65.9 Å². The van der Waals surface area contributed by atoms with E-state index in [1.165, 1.54) is 0 Å². The number of aromatic amines is 1. The number of benzene rings is 2. The molecular weight excluding hydrogens is 334 g/mol. The zero-order valence-electron chi connectivity index (χ0n) is 13.9. The van der Waals surface area contributed by atoms with Crippen molar-refractivity contribution in [2.24, 2.45) is 0 Å². The highest BCUT2D eigenvalue weighted by Gasteiger charge is 2.08. The Bertz CT molecular complexity index is 1050. The van der Waals surface area contributed by atoms with Crippen LogP contribution in [0.2, 0.25) is 0 Å². The minimum absolute atomic E-state index is 0.192. The number of nitrogens with one attached hydrogen (secondary N) is 2. The fourth-order valence-corrected chi connectivity index (χ4v) is 2.47. The molecule has 0 unspecified atom stereocenters. The number of nitrogens with zero attached hydrogens (tertiary/aromatic N) is 3. The first kappa shape index (κ1) is 15.8. The maximum Gasteiger partial charge on any atom is 0.264 e. The van der Waals surface area contributed by atoms with Crippen LogP contribution in [0.3, 0.4) is 0 Å². The molecule has 130 valence electrons. The second kappa shape index (κ2) is 6.67. The Morgan fingerprint density at radius 2 is 2.08 bits per heavy atom. The number of amides is 1. The van der Waals surface area contributed by atoms with Gasteiger partial charge in [-0.3, -0.25) is 9.89 Å². The average Bonchev–Trinajstić information content (AvgIpc) is 3.29. The monoisotopic (exact) mass is 349 g/mol. The SMILES string of the molecule is Cc1noc(COc2ccc(NC(=O)c3ccc4[nH]ncc4c3)cc2)n1. The van der Waals surface area contributed by atoms with Gasteiger partial charge in [0.25, 0.3) is 11.8 Å². The molecule has 0 atom stereocenters. The van der Waals surface area contributed by atoms with Gasteiger partial charge >= 0.3 is 0 Å². The molecule has 26 heavy (non-hydrogen) atoms. The van der Waals surface area contributed by atoms with Gasteiger partial charge in [0.1, 0.15) is 5.75 Å². The largest absolute Gasteiger partial charge is 0.484 e. The maximum atomic E-state index is 12.4. The van der Waals surface area contributed by atoms with E-state index in [-0.39, 0.29) is 12.5 Å². The third-order valence-corrected chi connectivity index (χ3v) is 3.75. The van der Waals surface area contributed by atoms with Gasteiger partial charge in [-0.05, 0) is 49.4 Å². The van der Waals surface area contributed by atoms with E-state index in [1.54, 1.807) is 49.5 Å². The minimum Gasteiger partial charge on any atom is -0.484 e. The van der Waals surface area contributed by atoms with Gasteiger partial charge in [-0.25, -0.2) is 0 Å². The zero-order valence-corrected chi connectivity index (χ0v) is 13.9. The highest BCUT2D eigenvalue weighted by molar-refractivity contribution is 6.06. The van der Waals surface area contributed by atoms with Crippen molar-refractivity contribution in [2.45, 2.75) is 13.5 Å².